The van der Waals surface area contributed by atoms with Crippen LogP contribution in [-0.4, -0.2) is 37.2 Å². The van der Waals surface area contributed by atoms with Crippen LogP contribution in [0.3, 0.4) is 0 Å². The highest BCUT2D eigenvalue weighted by atomic mass is 16.6. The molecule has 0 saturated carbocycles. The fourth-order valence-corrected chi connectivity index (χ4v) is 5.86. The van der Waals surface area contributed by atoms with Crippen molar-refractivity contribution in [1.82, 2.24) is 0 Å². The molecule has 0 aliphatic carbocycles. The first-order chi connectivity index (χ1) is 27.0. The van der Waals surface area contributed by atoms with Crippen molar-refractivity contribution in [2.75, 3.05) is 13.2 Å². The summed E-state index contributed by atoms with van der Waals surface area (Å²) in [4.78, 5) is 37.7. The van der Waals surface area contributed by atoms with Crippen LogP contribution in [0.4, 0.5) is 0 Å². The molecule has 1 atom stereocenters. The fourth-order valence-electron chi connectivity index (χ4n) is 5.86. The summed E-state index contributed by atoms with van der Waals surface area (Å²) in [5.41, 5.74) is 0. The van der Waals surface area contributed by atoms with Crippen LogP contribution in [0.1, 0.15) is 201 Å². The third kappa shape index (κ3) is 41.8. The smallest absolute Gasteiger partial charge is 0.306 e. The molecule has 0 aliphatic heterocycles. The van der Waals surface area contributed by atoms with E-state index in [0.717, 1.165) is 116 Å². The molecule has 0 amide bonds. The highest BCUT2D eigenvalue weighted by Crippen LogP contribution is 2.12. The molecule has 6 heteroatoms. The van der Waals surface area contributed by atoms with E-state index in [4.69, 9.17) is 14.2 Å². The predicted octanol–water partition coefficient (Wildman–Crippen LogP) is 14.3. The summed E-state index contributed by atoms with van der Waals surface area (Å²) in [7, 11) is 0. The largest absolute Gasteiger partial charge is 0.462 e. The second-order valence-corrected chi connectivity index (χ2v) is 14.5. The number of hydrogen-bond acceptors (Lipinski definition) is 6. The number of ether oxygens (including phenoxy) is 3. The number of allylic oxidation sites excluding steroid dienone is 12. The maximum atomic E-state index is 12.7. The van der Waals surface area contributed by atoms with Crippen LogP contribution >= 0.6 is 0 Å². The van der Waals surface area contributed by atoms with Gasteiger partial charge in [-0.25, -0.2) is 0 Å². The van der Waals surface area contributed by atoms with Gasteiger partial charge in [-0.15, -0.1) is 0 Å². The number of esters is 3. The van der Waals surface area contributed by atoms with E-state index < -0.39 is 6.10 Å². The summed E-state index contributed by atoms with van der Waals surface area (Å²) in [6.07, 6.45) is 53.3. The Bertz CT molecular complexity index is 1070. The fraction of sp³-hybridized carbons (Fsp3) is 0.694. The van der Waals surface area contributed by atoms with Gasteiger partial charge < -0.3 is 14.2 Å². The van der Waals surface area contributed by atoms with E-state index in [0.29, 0.717) is 19.3 Å². The van der Waals surface area contributed by atoms with E-state index in [2.05, 4.69) is 87.6 Å². The van der Waals surface area contributed by atoms with Crippen LogP contribution in [0.2, 0.25) is 0 Å². The molecule has 55 heavy (non-hydrogen) atoms. The van der Waals surface area contributed by atoms with E-state index in [1.165, 1.54) is 38.5 Å². The molecule has 0 heterocycles. The first kappa shape index (κ1) is 51.9. The van der Waals surface area contributed by atoms with Gasteiger partial charge in [0.1, 0.15) is 13.2 Å². The van der Waals surface area contributed by atoms with Crippen LogP contribution in [-0.2, 0) is 28.6 Å². The Morgan fingerprint density at radius 3 is 1.20 bits per heavy atom. The van der Waals surface area contributed by atoms with E-state index >= 15 is 0 Å². The summed E-state index contributed by atoms with van der Waals surface area (Å²) >= 11 is 0. The van der Waals surface area contributed by atoms with Gasteiger partial charge in [-0.1, -0.05) is 164 Å². The maximum Gasteiger partial charge on any atom is 0.306 e. The zero-order valence-electron chi connectivity index (χ0n) is 35.7. The van der Waals surface area contributed by atoms with Crippen molar-refractivity contribution < 1.29 is 28.6 Å². The molecule has 6 nitrogen and oxygen atoms in total. The highest BCUT2D eigenvalue weighted by Gasteiger charge is 2.19. The van der Waals surface area contributed by atoms with E-state index in [9.17, 15) is 14.4 Å². The van der Waals surface area contributed by atoms with E-state index in [-0.39, 0.29) is 37.5 Å². The molecule has 0 saturated heterocycles. The zero-order valence-corrected chi connectivity index (χ0v) is 35.7. The van der Waals surface area contributed by atoms with Gasteiger partial charge >= 0.3 is 17.9 Å². The van der Waals surface area contributed by atoms with Gasteiger partial charge in [0.05, 0.1) is 0 Å². The molecular weight excluding hydrogens is 685 g/mol. The maximum absolute atomic E-state index is 12.7. The minimum absolute atomic E-state index is 0.107. The van der Waals surface area contributed by atoms with Gasteiger partial charge in [0.15, 0.2) is 6.10 Å². The Labute approximate surface area is 338 Å². The normalized spacial score (nSPS) is 12.7. The summed E-state index contributed by atoms with van der Waals surface area (Å²) in [5, 5.41) is 0. The summed E-state index contributed by atoms with van der Waals surface area (Å²) < 4.78 is 16.6. The van der Waals surface area contributed by atoms with Crippen molar-refractivity contribution in [3.63, 3.8) is 0 Å². The van der Waals surface area contributed by atoms with Gasteiger partial charge in [0.25, 0.3) is 0 Å². The number of carbonyl (C=O) groups excluding carboxylic acids is 3. The quantitative estimate of drug-likeness (QED) is 0.0268. The van der Waals surface area contributed by atoms with Gasteiger partial charge in [-0.3, -0.25) is 14.4 Å². The monoisotopic (exact) mass is 767 g/mol. The third-order valence-electron chi connectivity index (χ3n) is 9.19. The lowest BCUT2D eigenvalue weighted by Gasteiger charge is -2.18. The molecule has 0 aliphatic rings. The van der Waals surface area contributed by atoms with Crippen LogP contribution in [0.25, 0.3) is 0 Å². The Hall–Kier alpha value is -3.15. The second kappa shape index (κ2) is 43.6. The van der Waals surface area contributed by atoms with Gasteiger partial charge in [-0.2, -0.15) is 0 Å². The summed E-state index contributed by atoms with van der Waals surface area (Å²) in [6, 6.07) is 0. The summed E-state index contributed by atoms with van der Waals surface area (Å²) in [5.74, 6) is -1.01. The molecule has 314 valence electrons. The highest BCUT2D eigenvalue weighted by molar-refractivity contribution is 5.71. The molecule has 0 bridgehead atoms. The molecule has 0 rings (SSSR count). The van der Waals surface area contributed by atoms with Crippen LogP contribution in [0.5, 0.6) is 0 Å². The number of rotatable bonds is 39. The van der Waals surface area contributed by atoms with Crippen molar-refractivity contribution in [1.29, 1.82) is 0 Å². The molecular formula is C49H82O6. The van der Waals surface area contributed by atoms with Crippen LogP contribution < -0.4 is 0 Å². The minimum atomic E-state index is -0.808. The molecule has 0 fully saturated rings. The average molecular weight is 767 g/mol. The van der Waals surface area contributed by atoms with Crippen LogP contribution in [0.15, 0.2) is 72.9 Å². The molecule has 0 N–H and O–H groups in total. The topological polar surface area (TPSA) is 78.9 Å². The first-order valence-electron chi connectivity index (χ1n) is 22.4. The van der Waals surface area contributed by atoms with Crippen molar-refractivity contribution in [2.24, 2.45) is 0 Å². The van der Waals surface area contributed by atoms with Gasteiger partial charge in [-0.05, 0) is 89.9 Å². The molecule has 0 aromatic heterocycles. The van der Waals surface area contributed by atoms with Crippen molar-refractivity contribution >= 4 is 17.9 Å². The number of carbonyl (C=O) groups is 3. The lowest BCUT2D eigenvalue weighted by atomic mass is 10.1. The third-order valence-corrected chi connectivity index (χ3v) is 9.19. The van der Waals surface area contributed by atoms with Crippen molar-refractivity contribution in [3.05, 3.63) is 72.9 Å². The Morgan fingerprint density at radius 2 is 0.745 bits per heavy atom. The van der Waals surface area contributed by atoms with E-state index in [1.54, 1.807) is 0 Å². The Balaban J connectivity index is 4.50. The Kier molecular flexibility index (Phi) is 41.1. The molecule has 1 unspecified atom stereocenters. The zero-order chi connectivity index (χ0) is 40.1. The average Bonchev–Trinajstić information content (AvgIpc) is 3.18. The Morgan fingerprint density at radius 1 is 0.382 bits per heavy atom. The van der Waals surface area contributed by atoms with Gasteiger partial charge in [0.2, 0.25) is 0 Å². The molecule has 0 aromatic carbocycles. The molecule has 0 radical (unpaired) electrons. The lowest BCUT2D eigenvalue weighted by Crippen LogP contribution is -2.30. The standard InChI is InChI=1S/C49H82O6/c1-4-7-10-13-16-19-22-25-28-30-33-36-39-42-48(51)54-45-46(55-49(52)43-40-37-34-31-27-24-21-18-15-12-9-6-3)44-53-47(50)41-38-35-32-29-26-23-20-17-14-11-8-5-2/h8-9,11-12,17-18,20-21,25,28,33,36,46H,4-7,10,13-16,19,22-24,26-27,29-32,34-35,37-45H2,1-3H3/b11-8-,12-9-,20-17-,21-18-,28-25-,36-33-. The van der Waals surface area contributed by atoms with Gasteiger partial charge in [0, 0.05) is 19.3 Å². The van der Waals surface area contributed by atoms with Crippen molar-refractivity contribution in [3.8, 4) is 0 Å². The minimum Gasteiger partial charge on any atom is -0.462 e. The number of unbranched alkanes of at least 4 members (excludes halogenated alkanes) is 16. The first-order valence-corrected chi connectivity index (χ1v) is 22.4. The van der Waals surface area contributed by atoms with Crippen molar-refractivity contribution in [2.45, 2.75) is 207 Å². The summed E-state index contributed by atoms with van der Waals surface area (Å²) in [6.45, 7) is 6.31. The lowest BCUT2D eigenvalue weighted by molar-refractivity contribution is -0.166. The second-order valence-electron chi connectivity index (χ2n) is 14.5. The SMILES string of the molecule is CC/C=C\C/C=C\CCCCCCCC(=O)OCC(COC(=O)CC/C=C\C/C=C\CCCCCCCC)OC(=O)CCCCCCC/C=C\C/C=C\CC. The molecule has 0 aromatic rings. The van der Waals surface area contributed by atoms with E-state index in [1.807, 2.05) is 6.08 Å². The van der Waals surface area contributed by atoms with Crippen LogP contribution in [0, 0.1) is 0 Å². The predicted molar refractivity (Wildman–Crippen MR) is 233 cm³/mol. The molecule has 0 spiro atoms. The number of hydrogen-bond donors (Lipinski definition) is 0.